The van der Waals surface area contributed by atoms with Crippen LogP contribution in [0, 0.1) is 5.92 Å². The first kappa shape index (κ1) is 21.2. The molecule has 3 heteroatoms. The van der Waals surface area contributed by atoms with E-state index in [0.717, 1.165) is 45.2 Å². The number of nitrogens with zero attached hydrogens (tertiary/aromatic N) is 1. The molecule has 118 valence electrons. The molecule has 0 spiro atoms. The number of rotatable bonds is 6. The van der Waals surface area contributed by atoms with Crippen molar-refractivity contribution in [2.75, 3.05) is 46.6 Å². The molecule has 0 atom stereocenters. The standard InChI is InChI=1S/C10H21NO.C4H10O.C2H6/c1-10(2)4-3-5-11-6-8-12-9-7-11;1-3-4-5-2;1-2/h10H,3-9H2,1-2H3;3-4H2,1-2H3;1-2H3. The van der Waals surface area contributed by atoms with E-state index in [2.05, 4.69) is 25.7 Å². The first-order valence-electron chi connectivity index (χ1n) is 7.99. The highest BCUT2D eigenvalue weighted by molar-refractivity contribution is 4.61. The van der Waals surface area contributed by atoms with E-state index in [0.29, 0.717) is 0 Å². The minimum atomic E-state index is 0.853. The predicted octanol–water partition coefficient (Wildman–Crippen LogP) is 3.82. The molecule has 0 aromatic rings. The van der Waals surface area contributed by atoms with Crippen LogP contribution < -0.4 is 0 Å². The fraction of sp³-hybridized carbons (Fsp3) is 1.00. The molecule has 0 radical (unpaired) electrons. The van der Waals surface area contributed by atoms with E-state index >= 15 is 0 Å². The molecule has 3 nitrogen and oxygen atoms in total. The quantitative estimate of drug-likeness (QED) is 0.735. The fourth-order valence-electron chi connectivity index (χ4n) is 1.75. The van der Waals surface area contributed by atoms with Crippen molar-refractivity contribution in [3.8, 4) is 0 Å². The van der Waals surface area contributed by atoms with Crippen molar-refractivity contribution in [3.63, 3.8) is 0 Å². The van der Waals surface area contributed by atoms with Gasteiger partial charge in [0, 0.05) is 26.8 Å². The molecule has 0 aromatic carbocycles. The van der Waals surface area contributed by atoms with Gasteiger partial charge in [-0.2, -0.15) is 0 Å². The first-order chi connectivity index (χ1) is 9.20. The van der Waals surface area contributed by atoms with Gasteiger partial charge in [0.1, 0.15) is 0 Å². The molecule has 0 bridgehead atoms. The van der Waals surface area contributed by atoms with Crippen molar-refractivity contribution in [2.45, 2.75) is 53.9 Å². The first-order valence-corrected chi connectivity index (χ1v) is 7.99. The largest absolute Gasteiger partial charge is 0.385 e. The zero-order chi connectivity index (χ0) is 14.9. The number of ether oxygens (including phenoxy) is 2. The van der Waals surface area contributed by atoms with Crippen molar-refractivity contribution < 1.29 is 9.47 Å². The Hall–Kier alpha value is -0.120. The molecule has 0 amide bonds. The van der Waals surface area contributed by atoms with Crippen LogP contribution in [-0.2, 0) is 9.47 Å². The lowest BCUT2D eigenvalue weighted by Crippen LogP contribution is -2.36. The fourth-order valence-corrected chi connectivity index (χ4v) is 1.75. The van der Waals surface area contributed by atoms with Gasteiger partial charge in [0.15, 0.2) is 0 Å². The Balaban J connectivity index is 0. The molecule has 19 heavy (non-hydrogen) atoms. The van der Waals surface area contributed by atoms with E-state index in [1.807, 2.05) is 13.8 Å². The molecule has 0 N–H and O–H groups in total. The van der Waals surface area contributed by atoms with Crippen LogP contribution >= 0.6 is 0 Å². The van der Waals surface area contributed by atoms with Crippen LogP contribution in [0.2, 0.25) is 0 Å². The van der Waals surface area contributed by atoms with E-state index in [-0.39, 0.29) is 0 Å². The van der Waals surface area contributed by atoms with Crippen molar-refractivity contribution in [3.05, 3.63) is 0 Å². The Morgan fingerprint density at radius 3 is 2.11 bits per heavy atom. The third-order valence-corrected chi connectivity index (χ3v) is 2.77. The highest BCUT2D eigenvalue weighted by Gasteiger charge is 2.09. The van der Waals surface area contributed by atoms with Gasteiger partial charge in [-0.25, -0.2) is 0 Å². The average Bonchev–Trinajstić information content (AvgIpc) is 2.43. The molecule has 1 saturated heterocycles. The summed E-state index contributed by atoms with van der Waals surface area (Å²) >= 11 is 0. The Morgan fingerprint density at radius 2 is 1.74 bits per heavy atom. The summed E-state index contributed by atoms with van der Waals surface area (Å²) in [6.45, 7) is 17.0. The molecule has 1 aliphatic rings. The minimum absolute atomic E-state index is 0.853. The second kappa shape index (κ2) is 17.9. The van der Waals surface area contributed by atoms with E-state index < -0.39 is 0 Å². The van der Waals surface area contributed by atoms with Crippen LogP contribution in [0.25, 0.3) is 0 Å². The average molecular weight is 275 g/mol. The van der Waals surface area contributed by atoms with Gasteiger partial charge in [0.05, 0.1) is 13.2 Å². The molecule has 1 fully saturated rings. The lowest BCUT2D eigenvalue weighted by molar-refractivity contribution is 0.0368. The van der Waals surface area contributed by atoms with E-state index in [4.69, 9.17) is 9.47 Å². The number of hydrogen-bond acceptors (Lipinski definition) is 3. The maximum Gasteiger partial charge on any atom is 0.0594 e. The molecule has 0 aromatic heterocycles. The van der Waals surface area contributed by atoms with Crippen LogP contribution in [0.15, 0.2) is 0 Å². The van der Waals surface area contributed by atoms with Crippen molar-refractivity contribution in [1.29, 1.82) is 0 Å². The van der Waals surface area contributed by atoms with Crippen LogP contribution in [0.4, 0.5) is 0 Å². The lowest BCUT2D eigenvalue weighted by atomic mass is 10.1. The summed E-state index contributed by atoms with van der Waals surface area (Å²) < 4.78 is 9.98. The summed E-state index contributed by atoms with van der Waals surface area (Å²) in [5.41, 5.74) is 0. The number of hydrogen-bond donors (Lipinski definition) is 0. The van der Waals surface area contributed by atoms with E-state index in [1.54, 1.807) is 7.11 Å². The monoisotopic (exact) mass is 275 g/mol. The van der Waals surface area contributed by atoms with Crippen LogP contribution in [-0.4, -0.2) is 51.5 Å². The van der Waals surface area contributed by atoms with Crippen molar-refractivity contribution in [1.82, 2.24) is 4.90 Å². The Kier molecular flexibility index (Phi) is 19.9. The highest BCUT2D eigenvalue weighted by Crippen LogP contribution is 2.05. The van der Waals surface area contributed by atoms with E-state index in [1.165, 1.54) is 19.4 Å². The van der Waals surface area contributed by atoms with Gasteiger partial charge in [-0.1, -0.05) is 34.6 Å². The predicted molar refractivity (Wildman–Crippen MR) is 84.8 cm³/mol. The zero-order valence-corrected chi connectivity index (χ0v) is 14.2. The summed E-state index contributed by atoms with van der Waals surface area (Å²) in [7, 11) is 1.71. The Bertz CT molecular complexity index is 144. The molecule has 1 heterocycles. The molecule has 0 aliphatic carbocycles. The van der Waals surface area contributed by atoms with Crippen LogP contribution in [0.1, 0.15) is 53.9 Å². The number of morpholine rings is 1. The van der Waals surface area contributed by atoms with Crippen molar-refractivity contribution >= 4 is 0 Å². The summed E-state index contributed by atoms with van der Waals surface area (Å²) in [4.78, 5) is 2.51. The second-order valence-electron chi connectivity index (χ2n) is 4.98. The molecular formula is C16H37NO2. The molecular weight excluding hydrogens is 238 g/mol. The molecule has 0 unspecified atom stereocenters. The molecule has 1 rings (SSSR count). The lowest BCUT2D eigenvalue weighted by Gasteiger charge is -2.26. The smallest absolute Gasteiger partial charge is 0.0594 e. The van der Waals surface area contributed by atoms with Crippen molar-refractivity contribution in [2.24, 2.45) is 5.92 Å². The van der Waals surface area contributed by atoms with Gasteiger partial charge in [-0.3, -0.25) is 4.90 Å². The van der Waals surface area contributed by atoms with Gasteiger partial charge in [0.25, 0.3) is 0 Å². The normalized spacial score (nSPS) is 15.3. The van der Waals surface area contributed by atoms with E-state index in [9.17, 15) is 0 Å². The Morgan fingerprint density at radius 1 is 1.16 bits per heavy atom. The highest BCUT2D eigenvalue weighted by atomic mass is 16.5. The van der Waals surface area contributed by atoms with Crippen LogP contribution in [0.3, 0.4) is 0 Å². The SMILES string of the molecule is CC.CC(C)CCCN1CCOCC1.CCCOC. The van der Waals surface area contributed by atoms with Gasteiger partial charge in [-0.05, 0) is 31.7 Å². The molecule has 1 aliphatic heterocycles. The summed E-state index contributed by atoms with van der Waals surface area (Å²) in [6.07, 6.45) is 3.82. The van der Waals surface area contributed by atoms with Gasteiger partial charge in [0.2, 0.25) is 0 Å². The van der Waals surface area contributed by atoms with Gasteiger partial charge in [-0.15, -0.1) is 0 Å². The topological polar surface area (TPSA) is 21.7 Å². The maximum atomic E-state index is 5.29. The Labute approximate surface area is 121 Å². The summed E-state index contributed by atoms with van der Waals surface area (Å²) in [6, 6.07) is 0. The number of methoxy groups -OCH3 is 1. The third kappa shape index (κ3) is 17.9. The van der Waals surface area contributed by atoms with Gasteiger partial charge < -0.3 is 9.47 Å². The zero-order valence-electron chi connectivity index (χ0n) is 14.2. The van der Waals surface area contributed by atoms with Gasteiger partial charge >= 0.3 is 0 Å². The maximum absolute atomic E-state index is 5.29. The molecule has 0 saturated carbocycles. The second-order valence-corrected chi connectivity index (χ2v) is 4.98. The van der Waals surface area contributed by atoms with Crippen LogP contribution in [0.5, 0.6) is 0 Å². The third-order valence-electron chi connectivity index (χ3n) is 2.77. The minimum Gasteiger partial charge on any atom is -0.385 e. The summed E-state index contributed by atoms with van der Waals surface area (Å²) in [5.74, 6) is 0.853. The summed E-state index contributed by atoms with van der Waals surface area (Å²) in [5, 5.41) is 0.